The molecule has 8 nitrogen and oxygen atoms in total. The number of rotatable bonds is 8. The molecule has 9 heteroatoms. The molecule has 1 saturated carbocycles. The van der Waals surface area contributed by atoms with E-state index >= 15 is 0 Å². The third-order valence-electron chi connectivity index (χ3n) is 7.22. The molecule has 1 aromatic heterocycles. The van der Waals surface area contributed by atoms with Crippen LogP contribution in [0.4, 0.5) is 4.39 Å². The van der Waals surface area contributed by atoms with Crippen molar-refractivity contribution in [2.75, 3.05) is 0 Å². The van der Waals surface area contributed by atoms with Gasteiger partial charge in [0.05, 0.1) is 11.7 Å². The van der Waals surface area contributed by atoms with E-state index in [-0.39, 0.29) is 29.4 Å². The van der Waals surface area contributed by atoms with E-state index in [1.165, 1.54) is 29.7 Å². The number of pyridine rings is 1. The second-order valence-corrected chi connectivity index (χ2v) is 11.2. The van der Waals surface area contributed by atoms with Crippen molar-refractivity contribution in [3.8, 4) is 28.4 Å². The molecule has 0 saturated heterocycles. The van der Waals surface area contributed by atoms with E-state index in [1.807, 2.05) is 6.07 Å². The van der Waals surface area contributed by atoms with Crippen LogP contribution in [0.3, 0.4) is 0 Å². The lowest BCUT2D eigenvalue weighted by Gasteiger charge is -2.30. The van der Waals surface area contributed by atoms with Crippen molar-refractivity contribution >= 4 is 5.91 Å². The zero-order chi connectivity index (χ0) is 29.2. The van der Waals surface area contributed by atoms with Crippen LogP contribution in [0.15, 0.2) is 47.4 Å². The molecule has 3 aromatic rings. The van der Waals surface area contributed by atoms with Crippen LogP contribution in [0.1, 0.15) is 63.1 Å². The van der Waals surface area contributed by atoms with Gasteiger partial charge in [0.2, 0.25) is 5.91 Å². The fraction of sp³-hybridized carbons (Fsp3) is 0.419. The van der Waals surface area contributed by atoms with Gasteiger partial charge in [-0.2, -0.15) is 0 Å². The van der Waals surface area contributed by atoms with Crippen LogP contribution in [-0.2, 0) is 17.4 Å². The van der Waals surface area contributed by atoms with Crippen LogP contribution in [-0.4, -0.2) is 27.7 Å². The van der Waals surface area contributed by atoms with Gasteiger partial charge < -0.3 is 19.1 Å². The number of halogens is 1. The maximum absolute atomic E-state index is 14.0. The van der Waals surface area contributed by atoms with Crippen molar-refractivity contribution < 1.29 is 23.8 Å². The fourth-order valence-electron chi connectivity index (χ4n) is 5.00. The predicted octanol–water partition coefficient (Wildman–Crippen LogP) is 5.16. The number of benzene rings is 2. The summed E-state index contributed by atoms with van der Waals surface area (Å²) in [5.74, 6) is 0.969. The minimum atomic E-state index is -1.13. The van der Waals surface area contributed by atoms with Crippen LogP contribution in [0, 0.1) is 19.7 Å². The molecule has 40 heavy (non-hydrogen) atoms. The zero-order valence-corrected chi connectivity index (χ0v) is 23.9. The average Bonchev–Trinajstić information content (AvgIpc) is 2.87. The lowest BCUT2D eigenvalue weighted by Crippen LogP contribution is -2.45. The van der Waals surface area contributed by atoms with E-state index in [0.29, 0.717) is 45.1 Å². The van der Waals surface area contributed by atoms with Gasteiger partial charge in [-0.15, -0.1) is 0 Å². The van der Waals surface area contributed by atoms with E-state index in [4.69, 9.17) is 9.47 Å². The fourth-order valence-corrected chi connectivity index (χ4v) is 5.00. The van der Waals surface area contributed by atoms with Crippen molar-refractivity contribution in [3.63, 3.8) is 0 Å². The molecule has 0 bridgehead atoms. The molecule has 0 unspecified atom stereocenters. The second kappa shape index (κ2) is 11.8. The molecule has 1 aliphatic carbocycles. The molecular weight excluding hydrogens is 513 g/mol. The number of hydrogen-bond donors (Lipinski definition) is 3. The summed E-state index contributed by atoms with van der Waals surface area (Å²) in [5, 5.41) is 10.8. The third kappa shape index (κ3) is 6.89. The van der Waals surface area contributed by atoms with Crippen molar-refractivity contribution in [3.05, 3.63) is 75.5 Å². The summed E-state index contributed by atoms with van der Waals surface area (Å²) in [7, 11) is 1.67. The first-order valence-corrected chi connectivity index (χ1v) is 13.5. The highest BCUT2D eigenvalue weighted by Crippen LogP contribution is 2.42. The summed E-state index contributed by atoms with van der Waals surface area (Å²) in [4.78, 5) is 23.9. The lowest BCUT2D eigenvalue weighted by molar-refractivity contribution is -0.120. The molecule has 1 aliphatic rings. The number of nitrogens with zero attached hydrogens (tertiary/aromatic N) is 1. The SMILES string of the molecule is CC(=O)NNC1CCC(Oc2cc(=O)n(C)cc2-c2cc(C(C)(C)O)ccc2Oc2c(C)cc(F)cc2C)CC1. The summed E-state index contributed by atoms with van der Waals surface area (Å²) in [6.07, 6.45) is 4.68. The highest BCUT2D eigenvalue weighted by atomic mass is 19.1. The highest BCUT2D eigenvalue weighted by molar-refractivity contribution is 5.76. The lowest BCUT2D eigenvalue weighted by atomic mass is 9.92. The number of nitrogens with one attached hydrogen (secondary N) is 2. The molecule has 1 fully saturated rings. The molecule has 3 N–H and O–H groups in total. The number of hydrazine groups is 1. The van der Waals surface area contributed by atoms with Crippen LogP contribution in [0.25, 0.3) is 11.1 Å². The maximum Gasteiger partial charge on any atom is 0.254 e. The molecular formula is C31H38FN3O5. The van der Waals surface area contributed by atoms with Crippen molar-refractivity contribution in [1.82, 2.24) is 15.4 Å². The highest BCUT2D eigenvalue weighted by Gasteiger charge is 2.26. The Morgan fingerprint density at radius 2 is 1.68 bits per heavy atom. The monoisotopic (exact) mass is 551 g/mol. The Hall–Kier alpha value is -3.69. The number of aryl methyl sites for hydroxylation is 3. The summed E-state index contributed by atoms with van der Waals surface area (Å²) in [5.41, 5.74) is 7.58. The number of amides is 1. The summed E-state index contributed by atoms with van der Waals surface area (Å²) >= 11 is 0. The van der Waals surface area contributed by atoms with Gasteiger partial charge in [0, 0.05) is 43.4 Å². The predicted molar refractivity (Wildman–Crippen MR) is 152 cm³/mol. The number of carbonyl (C=O) groups is 1. The van der Waals surface area contributed by atoms with Crippen LogP contribution in [0.5, 0.6) is 17.2 Å². The van der Waals surface area contributed by atoms with Crippen molar-refractivity contribution in [2.45, 2.75) is 78.0 Å². The molecule has 1 amide bonds. The number of aromatic nitrogens is 1. The van der Waals surface area contributed by atoms with Gasteiger partial charge in [-0.05, 0) is 94.3 Å². The van der Waals surface area contributed by atoms with E-state index in [0.717, 1.165) is 25.7 Å². The smallest absolute Gasteiger partial charge is 0.254 e. The number of carbonyl (C=O) groups excluding carboxylic acids is 1. The molecule has 1 heterocycles. The Bertz CT molecular complexity index is 1430. The van der Waals surface area contributed by atoms with Gasteiger partial charge >= 0.3 is 0 Å². The molecule has 0 radical (unpaired) electrons. The number of hydrogen-bond acceptors (Lipinski definition) is 6. The van der Waals surface area contributed by atoms with Gasteiger partial charge in [-0.25, -0.2) is 9.82 Å². The standard InChI is InChI=1S/C31H38FN3O5/c1-18-13-22(32)14-19(2)30(18)40-27-12-7-21(31(4,5)38)15-25(27)26-17-35(6)29(37)16-28(26)39-24-10-8-23(9-11-24)34-33-20(3)36/h7,12-17,23-24,34,38H,8-11H2,1-6H3,(H,33,36). The van der Waals surface area contributed by atoms with Crippen molar-refractivity contribution in [2.24, 2.45) is 7.05 Å². The van der Waals surface area contributed by atoms with Gasteiger partial charge in [-0.1, -0.05) is 6.07 Å². The van der Waals surface area contributed by atoms with Crippen LogP contribution < -0.4 is 25.9 Å². The molecule has 0 atom stereocenters. The Balaban J connectivity index is 1.73. The van der Waals surface area contributed by atoms with Crippen LogP contribution >= 0.6 is 0 Å². The molecule has 0 spiro atoms. The first-order chi connectivity index (χ1) is 18.8. The molecule has 214 valence electrons. The van der Waals surface area contributed by atoms with E-state index in [9.17, 15) is 19.1 Å². The summed E-state index contributed by atoms with van der Waals surface area (Å²) < 4.78 is 28.3. The van der Waals surface area contributed by atoms with Gasteiger partial charge in [0.1, 0.15) is 23.1 Å². The Labute approximate surface area is 234 Å². The Morgan fingerprint density at radius 1 is 1.02 bits per heavy atom. The van der Waals surface area contributed by atoms with Gasteiger partial charge in [-0.3, -0.25) is 15.0 Å². The summed E-state index contributed by atoms with van der Waals surface area (Å²) in [6, 6.07) is 9.88. The molecule has 4 rings (SSSR count). The minimum Gasteiger partial charge on any atom is -0.490 e. The maximum atomic E-state index is 14.0. The first kappa shape index (κ1) is 29.3. The third-order valence-corrected chi connectivity index (χ3v) is 7.22. The zero-order valence-electron chi connectivity index (χ0n) is 23.9. The first-order valence-electron chi connectivity index (χ1n) is 13.5. The summed E-state index contributed by atoms with van der Waals surface area (Å²) in [6.45, 7) is 8.43. The minimum absolute atomic E-state index is 0.121. The molecule has 2 aromatic carbocycles. The van der Waals surface area contributed by atoms with E-state index in [1.54, 1.807) is 53.1 Å². The number of aliphatic hydroxyl groups is 1. The van der Waals surface area contributed by atoms with Crippen LogP contribution in [0.2, 0.25) is 0 Å². The Morgan fingerprint density at radius 3 is 2.27 bits per heavy atom. The van der Waals surface area contributed by atoms with Gasteiger partial charge in [0.25, 0.3) is 5.56 Å². The van der Waals surface area contributed by atoms with Gasteiger partial charge in [0.15, 0.2) is 0 Å². The topological polar surface area (TPSA) is 102 Å². The average molecular weight is 552 g/mol. The normalized spacial score (nSPS) is 17.4. The second-order valence-electron chi connectivity index (χ2n) is 11.2. The van der Waals surface area contributed by atoms with E-state index < -0.39 is 5.60 Å². The molecule has 0 aliphatic heterocycles. The Kier molecular flexibility index (Phi) is 8.65. The largest absolute Gasteiger partial charge is 0.490 e. The van der Waals surface area contributed by atoms with E-state index in [2.05, 4.69) is 10.9 Å². The number of ether oxygens (including phenoxy) is 2. The van der Waals surface area contributed by atoms with Crippen molar-refractivity contribution in [1.29, 1.82) is 0 Å². The quantitative estimate of drug-likeness (QED) is 0.335.